The van der Waals surface area contributed by atoms with E-state index in [9.17, 15) is 9.59 Å². The Balaban J connectivity index is 1.67. The Labute approximate surface area is 148 Å². The predicted molar refractivity (Wildman–Crippen MR) is 98.5 cm³/mol. The number of thiazole rings is 1. The van der Waals surface area contributed by atoms with Gasteiger partial charge in [-0.25, -0.2) is 9.97 Å². The van der Waals surface area contributed by atoms with E-state index in [4.69, 9.17) is 0 Å². The first-order valence-corrected chi connectivity index (χ1v) is 9.19. The maximum Gasteiger partial charge on any atom is 0.272 e. The van der Waals surface area contributed by atoms with Gasteiger partial charge in [-0.15, -0.1) is 11.3 Å². The molecule has 0 spiro atoms. The number of benzene rings is 1. The summed E-state index contributed by atoms with van der Waals surface area (Å²) in [7, 11) is 0. The van der Waals surface area contributed by atoms with Crippen molar-refractivity contribution in [2.45, 2.75) is 39.7 Å². The summed E-state index contributed by atoms with van der Waals surface area (Å²) in [5, 5.41) is 3.53. The number of aryl methyl sites for hydroxylation is 4. The highest BCUT2D eigenvalue weighted by Crippen LogP contribution is 2.30. The molecule has 7 heteroatoms. The maximum absolute atomic E-state index is 12.6. The van der Waals surface area contributed by atoms with Crippen molar-refractivity contribution < 1.29 is 4.79 Å². The number of fused-ring (bicyclic) bond motifs is 2. The molecule has 1 aliphatic carbocycles. The number of hydrogen-bond acceptors (Lipinski definition) is 5. The minimum Gasteiger partial charge on any atom is -0.305 e. The Morgan fingerprint density at radius 1 is 1.32 bits per heavy atom. The number of hydrogen-bond donors (Lipinski definition) is 1. The minimum absolute atomic E-state index is 0.0931. The zero-order valence-electron chi connectivity index (χ0n) is 14.1. The summed E-state index contributed by atoms with van der Waals surface area (Å²) in [4.78, 5) is 34.8. The van der Waals surface area contributed by atoms with E-state index >= 15 is 0 Å². The van der Waals surface area contributed by atoms with E-state index in [2.05, 4.69) is 15.3 Å². The first kappa shape index (κ1) is 16.0. The van der Waals surface area contributed by atoms with Crippen molar-refractivity contribution >= 4 is 33.4 Å². The van der Waals surface area contributed by atoms with Crippen LogP contribution in [0.3, 0.4) is 0 Å². The second kappa shape index (κ2) is 6.07. The molecule has 0 saturated heterocycles. The second-order valence-electron chi connectivity index (χ2n) is 6.15. The fourth-order valence-electron chi connectivity index (χ4n) is 3.24. The average molecular weight is 354 g/mol. The molecular formula is C18H18N4O2S. The molecule has 1 aromatic carbocycles. The second-order valence-corrected chi connectivity index (χ2v) is 7.23. The van der Waals surface area contributed by atoms with Crippen LogP contribution in [0.25, 0.3) is 11.0 Å². The van der Waals surface area contributed by atoms with E-state index < -0.39 is 0 Å². The number of rotatable bonds is 3. The van der Waals surface area contributed by atoms with Crippen molar-refractivity contribution in [3.63, 3.8) is 0 Å². The molecule has 1 N–H and O–H groups in total. The average Bonchev–Trinajstić information content (AvgIpc) is 3.17. The van der Waals surface area contributed by atoms with Crippen molar-refractivity contribution in [2.24, 2.45) is 0 Å². The molecule has 0 saturated carbocycles. The van der Waals surface area contributed by atoms with Gasteiger partial charge in [-0.05, 0) is 51.3 Å². The van der Waals surface area contributed by atoms with Crippen LogP contribution in [0.1, 0.15) is 40.0 Å². The summed E-state index contributed by atoms with van der Waals surface area (Å²) in [6, 6.07) is 5.23. The smallest absolute Gasteiger partial charge is 0.272 e. The molecule has 4 rings (SSSR count). The van der Waals surface area contributed by atoms with E-state index in [1.54, 1.807) is 41.0 Å². The highest BCUT2D eigenvalue weighted by molar-refractivity contribution is 7.16. The van der Waals surface area contributed by atoms with Crippen LogP contribution in [0.4, 0.5) is 5.13 Å². The van der Waals surface area contributed by atoms with E-state index in [1.165, 1.54) is 4.88 Å². The summed E-state index contributed by atoms with van der Waals surface area (Å²) in [5.74, 6) is -0.206. The number of anilines is 1. The van der Waals surface area contributed by atoms with Crippen LogP contribution in [-0.4, -0.2) is 20.4 Å². The van der Waals surface area contributed by atoms with Gasteiger partial charge in [0, 0.05) is 17.0 Å². The third kappa shape index (κ3) is 2.74. The molecule has 2 heterocycles. The third-order valence-electron chi connectivity index (χ3n) is 4.50. The number of amides is 1. The first-order valence-electron chi connectivity index (χ1n) is 8.38. The lowest BCUT2D eigenvalue weighted by Crippen LogP contribution is -2.23. The molecule has 6 nitrogen and oxygen atoms in total. The molecule has 3 aromatic rings. The van der Waals surface area contributed by atoms with Crippen LogP contribution in [0.15, 0.2) is 23.0 Å². The fourth-order valence-corrected chi connectivity index (χ4v) is 4.29. The van der Waals surface area contributed by atoms with Crippen molar-refractivity contribution in [1.29, 1.82) is 0 Å². The largest absolute Gasteiger partial charge is 0.305 e. The van der Waals surface area contributed by atoms with Crippen molar-refractivity contribution in [2.75, 3.05) is 5.32 Å². The predicted octanol–water partition coefficient (Wildman–Crippen LogP) is 2.92. The molecule has 0 radical (unpaired) electrons. The number of aromatic nitrogens is 3. The summed E-state index contributed by atoms with van der Waals surface area (Å²) in [6.07, 6.45) is 3.20. The van der Waals surface area contributed by atoms with Gasteiger partial charge in [0.2, 0.25) is 0 Å². The Kier molecular flexibility index (Phi) is 3.88. The normalized spacial score (nSPS) is 13.2. The van der Waals surface area contributed by atoms with Crippen molar-refractivity contribution in [3.05, 3.63) is 50.4 Å². The fraction of sp³-hybridized carbons (Fsp3) is 0.333. The molecule has 0 fully saturated rings. The van der Waals surface area contributed by atoms with Gasteiger partial charge < -0.3 is 4.57 Å². The van der Waals surface area contributed by atoms with Crippen LogP contribution in [0.5, 0.6) is 0 Å². The Morgan fingerprint density at radius 3 is 2.92 bits per heavy atom. The zero-order valence-corrected chi connectivity index (χ0v) is 14.9. The van der Waals surface area contributed by atoms with Gasteiger partial charge in [0.25, 0.3) is 11.5 Å². The number of carbonyl (C=O) groups is 1. The summed E-state index contributed by atoms with van der Waals surface area (Å²) >= 11 is 1.55. The van der Waals surface area contributed by atoms with Gasteiger partial charge in [0.15, 0.2) is 5.13 Å². The Morgan fingerprint density at radius 2 is 2.16 bits per heavy atom. The third-order valence-corrected chi connectivity index (χ3v) is 5.58. The lowest BCUT2D eigenvalue weighted by molar-refractivity contribution is 0.102. The molecule has 0 bridgehead atoms. The van der Waals surface area contributed by atoms with E-state index in [0.717, 1.165) is 30.5 Å². The van der Waals surface area contributed by atoms with E-state index in [-0.39, 0.29) is 11.5 Å². The van der Waals surface area contributed by atoms with E-state index in [0.29, 0.717) is 28.5 Å². The SMILES string of the molecule is CCn1c(=O)c(C)nc2cc(C(=O)Nc3nc4c(s3)CCC4)ccc21. The van der Waals surface area contributed by atoms with Crippen LogP contribution < -0.4 is 10.9 Å². The van der Waals surface area contributed by atoms with Crippen molar-refractivity contribution in [3.8, 4) is 0 Å². The first-order chi connectivity index (χ1) is 12.1. The monoisotopic (exact) mass is 354 g/mol. The molecule has 128 valence electrons. The number of nitrogens with zero attached hydrogens (tertiary/aromatic N) is 3. The molecule has 0 aliphatic heterocycles. The molecule has 1 aliphatic rings. The van der Waals surface area contributed by atoms with Gasteiger partial charge >= 0.3 is 0 Å². The van der Waals surface area contributed by atoms with Crippen LogP contribution in [0, 0.1) is 6.92 Å². The summed E-state index contributed by atoms with van der Waals surface area (Å²) in [6.45, 7) is 4.18. The minimum atomic E-state index is -0.206. The standard InChI is InChI=1S/C18H18N4O2S/c1-3-22-14-8-7-11(9-13(14)19-10(2)17(22)24)16(23)21-18-20-12-5-4-6-15(12)25-18/h7-9H,3-6H2,1-2H3,(H,20,21,23). The van der Waals surface area contributed by atoms with Crippen LogP contribution in [0.2, 0.25) is 0 Å². The topological polar surface area (TPSA) is 76.9 Å². The Bertz CT molecular complexity index is 1030. The van der Waals surface area contributed by atoms with Crippen LogP contribution >= 0.6 is 11.3 Å². The van der Waals surface area contributed by atoms with Gasteiger partial charge in [0.1, 0.15) is 5.69 Å². The molecule has 0 unspecified atom stereocenters. The lowest BCUT2D eigenvalue weighted by atomic mass is 10.1. The molecular weight excluding hydrogens is 336 g/mol. The maximum atomic E-state index is 12.6. The quantitative estimate of drug-likeness (QED) is 0.784. The Hall–Kier alpha value is -2.54. The molecule has 0 atom stereocenters. The molecule has 25 heavy (non-hydrogen) atoms. The van der Waals surface area contributed by atoms with Gasteiger partial charge in [-0.3, -0.25) is 14.9 Å². The highest BCUT2D eigenvalue weighted by Gasteiger charge is 2.18. The lowest BCUT2D eigenvalue weighted by Gasteiger charge is -2.10. The number of carbonyl (C=O) groups excluding carboxylic acids is 1. The summed E-state index contributed by atoms with van der Waals surface area (Å²) < 4.78 is 1.67. The van der Waals surface area contributed by atoms with Crippen LogP contribution in [-0.2, 0) is 19.4 Å². The molecule has 2 aromatic heterocycles. The van der Waals surface area contributed by atoms with E-state index in [1.807, 2.05) is 6.92 Å². The van der Waals surface area contributed by atoms with Gasteiger partial charge in [-0.2, -0.15) is 0 Å². The summed E-state index contributed by atoms with van der Waals surface area (Å²) in [5.41, 5.74) is 3.35. The van der Waals surface area contributed by atoms with Gasteiger partial charge in [0.05, 0.1) is 16.7 Å². The zero-order chi connectivity index (χ0) is 17.6. The number of nitrogens with one attached hydrogen (secondary N) is 1. The van der Waals surface area contributed by atoms with Gasteiger partial charge in [-0.1, -0.05) is 0 Å². The van der Waals surface area contributed by atoms with Crippen molar-refractivity contribution in [1.82, 2.24) is 14.5 Å². The highest BCUT2D eigenvalue weighted by atomic mass is 32.1. The molecule has 1 amide bonds.